The van der Waals surface area contributed by atoms with Gasteiger partial charge >= 0.3 is 11.9 Å². The van der Waals surface area contributed by atoms with Crippen molar-refractivity contribution in [3.8, 4) is 0 Å². The Morgan fingerprint density at radius 2 is 1.42 bits per heavy atom. The maximum absolute atomic E-state index is 11.8. The maximum Gasteiger partial charge on any atom is 0.364 e. The van der Waals surface area contributed by atoms with Crippen LogP contribution in [-0.2, 0) is 23.8 Å². The predicted molar refractivity (Wildman–Crippen MR) is 91.0 cm³/mol. The van der Waals surface area contributed by atoms with Gasteiger partial charge in [-0.05, 0) is 0 Å². The van der Waals surface area contributed by atoms with Crippen molar-refractivity contribution in [2.75, 3.05) is 13.2 Å². The van der Waals surface area contributed by atoms with Crippen molar-refractivity contribution in [2.24, 2.45) is 0 Å². The summed E-state index contributed by atoms with van der Waals surface area (Å²) in [5.74, 6) is -9.44. The van der Waals surface area contributed by atoms with Gasteiger partial charge in [0, 0.05) is 12.8 Å². The highest BCUT2D eigenvalue weighted by Gasteiger charge is 2.56. The van der Waals surface area contributed by atoms with Crippen LogP contribution in [0.2, 0.25) is 0 Å². The molecule has 2 aliphatic heterocycles. The number of hydrogen-bond acceptors (Lipinski definition) is 13. The molecule has 0 radical (unpaired) electrons. The van der Waals surface area contributed by atoms with Gasteiger partial charge in [-0.25, -0.2) is 9.59 Å². The lowest BCUT2D eigenvalue weighted by Gasteiger charge is -2.45. The molecule has 2 heterocycles. The van der Waals surface area contributed by atoms with Gasteiger partial charge in [0.1, 0.15) is 36.6 Å². The normalized spacial score (nSPS) is 43.2. The van der Waals surface area contributed by atoms with E-state index in [4.69, 9.17) is 24.4 Å². The van der Waals surface area contributed by atoms with Crippen LogP contribution in [0.4, 0.5) is 0 Å². The van der Waals surface area contributed by atoms with Crippen molar-refractivity contribution in [1.29, 1.82) is 0 Å². The van der Waals surface area contributed by atoms with Gasteiger partial charge in [-0.15, -0.1) is 0 Å². The second-order valence-corrected chi connectivity index (χ2v) is 7.46. The second-order valence-electron chi connectivity index (χ2n) is 7.46. The molecular weight excluding hydrogens is 432 g/mol. The Kier molecular flexibility index (Phi) is 7.94. The Bertz CT molecular complexity index is 659. The highest BCUT2D eigenvalue weighted by Crippen LogP contribution is 2.34. The molecule has 2 fully saturated rings. The zero-order chi connectivity index (χ0) is 23.7. The molecule has 0 aromatic heterocycles. The molecule has 0 aromatic carbocycles. The molecule has 10 atom stereocenters. The standard InChI is InChI=1S/C16H26O15/c17-3-7(20)11-10(23)6(19)2-16(31-11,14(26)27)29-4-8(21)12-9(22)5(18)1-15(28,30-12)13(24)25/h5-12,17-23,28H,1-4H2,(H,24,25)(H,26,27)/t5-,6-,7-,8-,9-,10-,11-,12-,15-,16+/m1/s1. The van der Waals surface area contributed by atoms with Gasteiger partial charge in [-0.2, -0.15) is 0 Å². The van der Waals surface area contributed by atoms with Crippen molar-refractivity contribution in [2.45, 2.75) is 73.2 Å². The van der Waals surface area contributed by atoms with E-state index in [2.05, 4.69) is 0 Å². The quantitative estimate of drug-likeness (QED) is 0.162. The van der Waals surface area contributed by atoms with E-state index in [1.54, 1.807) is 0 Å². The summed E-state index contributed by atoms with van der Waals surface area (Å²) < 4.78 is 14.9. The van der Waals surface area contributed by atoms with Crippen LogP contribution in [0, 0.1) is 0 Å². The fourth-order valence-corrected chi connectivity index (χ4v) is 3.38. The second kappa shape index (κ2) is 9.55. The van der Waals surface area contributed by atoms with Gasteiger partial charge in [-0.1, -0.05) is 0 Å². The van der Waals surface area contributed by atoms with E-state index in [1.165, 1.54) is 0 Å². The van der Waals surface area contributed by atoms with Crippen molar-refractivity contribution in [3.05, 3.63) is 0 Å². The van der Waals surface area contributed by atoms with E-state index >= 15 is 0 Å². The summed E-state index contributed by atoms with van der Waals surface area (Å²) in [7, 11) is 0. The van der Waals surface area contributed by atoms with Crippen LogP contribution in [0.3, 0.4) is 0 Å². The van der Waals surface area contributed by atoms with E-state index in [1.807, 2.05) is 0 Å². The van der Waals surface area contributed by atoms with E-state index in [0.29, 0.717) is 0 Å². The summed E-state index contributed by atoms with van der Waals surface area (Å²) in [5.41, 5.74) is 0. The maximum atomic E-state index is 11.8. The number of rotatable bonds is 8. The van der Waals surface area contributed by atoms with E-state index in [-0.39, 0.29) is 0 Å². The van der Waals surface area contributed by atoms with Crippen molar-refractivity contribution in [1.82, 2.24) is 0 Å². The lowest BCUT2D eigenvalue weighted by Crippen LogP contribution is -2.64. The largest absolute Gasteiger partial charge is 0.477 e. The average molecular weight is 458 g/mol. The summed E-state index contributed by atoms with van der Waals surface area (Å²) >= 11 is 0. The SMILES string of the molecule is O=C(O)[C@]1(OC[C@@H](O)[C@H]2O[C@@](O)(C(=O)O)C[C@@H](O)[C@H]2O)C[C@@H](O)[C@@H](O)[C@@H]([C@H](O)CO)O1. The number of aliphatic carboxylic acids is 2. The highest BCUT2D eigenvalue weighted by atomic mass is 16.7. The average Bonchev–Trinajstić information content (AvgIpc) is 2.70. The summed E-state index contributed by atoms with van der Waals surface area (Å²) in [6.07, 6.45) is -16.6. The Morgan fingerprint density at radius 1 is 0.903 bits per heavy atom. The molecule has 0 amide bonds. The van der Waals surface area contributed by atoms with Crippen LogP contribution in [-0.4, -0.2) is 137 Å². The molecule has 2 aliphatic rings. The van der Waals surface area contributed by atoms with E-state index in [0.717, 1.165) is 0 Å². The Morgan fingerprint density at radius 3 is 1.90 bits per heavy atom. The number of aliphatic hydroxyl groups is 8. The summed E-state index contributed by atoms with van der Waals surface area (Å²) in [5, 5.41) is 97.2. The first-order valence-electron chi connectivity index (χ1n) is 9.16. The third-order valence-corrected chi connectivity index (χ3v) is 5.18. The minimum absolute atomic E-state index is 0.874. The van der Waals surface area contributed by atoms with E-state index in [9.17, 15) is 50.4 Å². The first-order chi connectivity index (χ1) is 14.3. The zero-order valence-electron chi connectivity index (χ0n) is 16.0. The Hall–Kier alpha value is -1.50. The van der Waals surface area contributed by atoms with Crippen LogP contribution >= 0.6 is 0 Å². The molecule has 2 saturated heterocycles. The number of ether oxygens (including phenoxy) is 3. The molecule has 0 bridgehead atoms. The summed E-state index contributed by atoms with van der Waals surface area (Å²) in [6, 6.07) is 0. The number of carboxylic acids is 2. The first-order valence-corrected chi connectivity index (χ1v) is 9.16. The van der Waals surface area contributed by atoms with Crippen LogP contribution in [0.15, 0.2) is 0 Å². The summed E-state index contributed by atoms with van der Waals surface area (Å²) in [4.78, 5) is 22.9. The fourth-order valence-electron chi connectivity index (χ4n) is 3.38. The Balaban J connectivity index is 2.19. The van der Waals surface area contributed by atoms with Crippen LogP contribution in [0.25, 0.3) is 0 Å². The van der Waals surface area contributed by atoms with Gasteiger partial charge in [0.05, 0.1) is 25.4 Å². The minimum Gasteiger partial charge on any atom is -0.477 e. The number of aliphatic hydroxyl groups excluding tert-OH is 7. The van der Waals surface area contributed by atoms with Gasteiger partial charge < -0.3 is 65.3 Å². The molecule has 0 saturated carbocycles. The van der Waals surface area contributed by atoms with Crippen LogP contribution in [0.1, 0.15) is 12.8 Å². The third-order valence-electron chi connectivity index (χ3n) is 5.18. The van der Waals surface area contributed by atoms with Crippen molar-refractivity contribution >= 4 is 11.9 Å². The molecule has 0 unspecified atom stereocenters. The molecule has 10 N–H and O–H groups in total. The predicted octanol–water partition coefficient (Wildman–Crippen LogP) is -5.71. The summed E-state index contributed by atoms with van der Waals surface area (Å²) in [6.45, 7) is -2.00. The highest BCUT2D eigenvalue weighted by molar-refractivity contribution is 5.76. The van der Waals surface area contributed by atoms with Gasteiger partial charge in [0.2, 0.25) is 0 Å². The molecule has 180 valence electrons. The smallest absolute Gasteiger partial charge is 0.364 e. The minimum atomic E-state index is -2.95. The van der Waals surface area contributed by atoms with E-state index < -0.39 is 98.4 Å². The number of carbonyl (C=O) groups is 2. The van der Waals surface area contributed by atoms with Gasteiger partial charge in [0.25, 0.3) is 11.6 Å². The fraction of sp³-hybridized carbons (Fsp3) is 0.875. The third kappa shape index (κ3) is 5.12. The molecule has 2 rings (SSSR count). The van der Waals surface area contributed by atoms with Crippen LogP contribution in [0.5, 0.6) is 0 Å². The lowest BCUT2D eigenvalue weighted by atomic mass is 9.92. The monoisotopic (exact) mass is 458 g/mol. The molecule has 0 aliphatic carbocycles. The first kappa shape index (κ1) is 25.8. The molecule has 0 spiro atoms. The topological polar surface area (TPSA) is 264 Å². The molecular formula is C16H26O15. The zero-order valence-corrected chi connectivity index (χ0v) is 16.0. The molecule has 15 heteroatoms. The van der Waals surface area contributed by atoms with Crippen molar-refractivity contribution < 1.29 is 74.9 Å². The van der Waals surface area contributed by atoms with Crippen molar-refractivity contribution in [3.63, 3.8) is 0 Å². The Labute approximate surface area is 174 Å². The number of carboxylic acid groups (broad SMARTS) is 2. The molecule has 0 aromatic rings. The van der Waals surface area contributed by atoms with Gasteiger partial charge in [-0.3, -0.25) is 0 Å². The number of hydrogen-bond donors (Lipinski definition) is 10. The molecule has 15 nitrogen and oxygen atoms in total. The molecule has 31 heavy (non-hydrogen) atoms. The van der Waals surface area contributed by atoms with Crippen LogP contribution < -0.4 is 0 Å². The lowest BCUT2D eigenvalue weighted by molar-refractivity contribution is -0.338. The van der Waals surface area contributed by atoms with Gasteiger partial charge in [0.15, 0.2) is 0 Å².